The van der Waals surface area contributed by atoms with E-state index in [0.29, 0.717) is 0 Å². The van der Waals surface area contributed by atoms with E-state index >= 15 is 0 Å². The van der Waals surface area contributed by atoms with E-state index < -0.39 is 0 Å². The van der Waals surface area contributed by atoms with Crippen LogP contribution in [-0.4, -0.2) is 13.1 Å². The third-order valence-corrected chi connectivity index (χ3v) is 5.96. The fourth-order valence-electron chi connectivity index (χ4n) is 4.00. The van der Waals surface area contributed by atoms with Crippen LogP contribution in [-0.2, 0) is 0 Å². The van der Waals surface area contributed by atoms with Crippen LogP contribution in [0, 0.1) is 6.92 Å². The summed E-state index contributed by atoms with van der Waals surface area (Å²) in [7, 11) is 0. The molecule has 0 saturated heterocycles. The normalized spacial score (nSPS) is 11.1. The van der Waals surface area contributed by atoms with Gasteiger partial charge in [-0.2, -0.15) is 0 Å². The first-order chi connectivity index (χ1) is 13.8. The number of hydrogen-bond donors (Lipinski definition) is 0. The zero-order valence-electron chi connectivity index (χ0n) is 19.5. The molecule has 0 aliphatic rings. The van der Waals surface area contributed by atoms with Crippen molar-refractivity contribution in [1.82, 2.24) is 0 Å². The average molecular weight is 388 g/mol. The molecule has 1 rings (SSSR count). The van der Waals surface area contributed by atoms with E-state index in [-0.39, 0.29) is 0 Å². The van der Waals surface area contributed by atoms with E-state index in [1.807, 2.05) is 0 Å². The average Bonchev–Trinajstić information content (AvgIpc) is 2.71. The number of benzene rings is 1. The van der Waals surface area contributed by atoms with Crippen LogP contribution in [0.2, 0.25) is 0 Å². The maximum Gasteiger partial charge on any atom is 0.0366 e. The third kappa shape index (κ3) is 13.2. The molecule has 0 fully saturated rings. The Labute approximate surface area is 177 Å². The third-order valence-electron chi connectivity index (χ3n) is 5.96. The second kappa shape index (κ2) is 18.1. The van der Waals surface area contributed by atoms with Gasteiger partial charge in [-0.05, 0) is 31.9 Å². The SMILES string of the molecule is CCCCCCCCCCN(CCCCCCCCCC)c1ccc(C)cc1. The van der Waals surface area contributed by atoms with E-state index in [2.05, 4.69) is 49.9 Å². The van der Waals surface area contributed by atoms with Gasteiger partial charge in [-0.15, -0.1) is 0 Å². The van der Waals surface area contributed by atoms with Gasteiger partial charge < -0.3 is 4.90 Å². The summed E-state index contributed by atoms with van der Waals surface area (Å²) in [6, 6.07) is 9.18. The largest absolute Gasteiger partial charge is 0.372 e. The van der Waals surface area contributed by atoms with E-state index in [1.165, 1.54) is 127 Å². The van der Waals surface area contributed by atoms with Crippen molar-refractivity contribution in [2.75, 3.05) is 18.0 Å². The molecule has 0 aromatic heterocycles. The molecule has 1 aromatic rings. The Balaban J connectivity index is 2.24. The number of anilines is 1. The van der Waals surface area contributed by atoms with Crippen LogP contribution < -0.4 is 4.90 Å². The van der Waals surface area contributed by atoms with Gasteiger partial charge in [-0.1, -0.05) is 121 Å². The van der Waals surface area contributed by atoms with Gasteiger partial charge in [0.05, 0.1) is 0 Å². The highest BCUT2D eigenvalue weighted by Gasteiger charge is 2.06. The van der Waals surface area contributed by atoms with E-state index in [1.54, 1.807) is 0 Å². The molecule has 28 heavy (non-hydrogen) atoms. The molecule has 162 valence electrons. The first-order valence-corrected chi connectivity index (χ1v) is 12.6. The minimum absolute atomic E-state index is 1.23. The molecule has 0 aliphatic heterocycles. The summed E-state index contributed by atoms with van der Waals surface area (Å²) in [6.07, 6.45) is 22.5. The van der Waals surface area contributed by atoms with E-state index in [4.69, 9.17) is 0 Å². The van der Waals surface area contributed by atoms with Gasteiger partial charge in [-0.25, -0.2) is 0 Å². The fourth-order valence-corrected chi connectivity index (χ4v) is 4.00. The Kier molecular flexibility index (Phi) is 16.2. The van der Waals surface area contributed by atoms with Crippen molar-refractivity contribution < 1.29 is 0 Å². The zero-order chi connectivity index (χ0) is 20.3. The van der Waals surface area contributed by atoms with Crippen molar-refractivity contribution in [2.24, 2.45) is 0 Å². The monoisotopic (exact) mass is 387 g/mol. The molecule has 0 spiro atoms. The lowest BCUT2D eigenvalue weighted by Gasteiger charge is -2.25. The van der Waals surface area contributed by atoms with Crippen LogP contribution in [0.15, 0.2) is 24.3 Å². The lowest BCUT2D eigenvalue weighted by atomic mass is 10.1. The molecule has 0 amide bonds. The van der Waals surface area contributed by atoms with Gasteiger partial charge in [-0.3, -0.25) is 0 Å². The van der Waals surface area contributed by atoms with Crippen molar-refractivity contribution in [3.63, 3.8) is 0 Å². The molecule has 0 bridgehead atoms. The first-order valence-electron chi connectivity index (χ1n) is 12.6. The fraction of sp³-hybridized carbons (Fsp3) is 0.778. The van der Waals surface area contributed by atoms with Gasteiger partial charge in [0, 0.05) is 18.8 Å². The molecule has 0 unspecified atom stereocenters. The highest BCUT2D eigenvalue weighted by Crippen LogP contribution is 2.18. The molecule has 0 atom stereocenters. The van der Waals surface area contributed by atoms with Gasteiger partial charge >= 0.3 is 0 Å². The predicted octanol–water partition coefficient (Wildman–Crippen LogP) is 9.08. The number of aryl methyl sites for hydroxylation is 1. The standard InChI is InChI=1S/C27H49N/c1-4-6-8-10-12-14-16-18-24-28(27-22-20-26(3)21-23-27)25-19-17-15-13-11-9-7-5-2/h20-23H,4-19,24-25H2,1-3H3. The Bertz CT molecular complexity index is 416. The lowest BCUT2D eigenvalue weighted by Crippen LogP contribution is -2.25. The molecular formula is C27H49N. The Hall–Kier alpha value is -0.980. The quantitative estimate of drug-likeness (QED) is 0.214. The molecule has 1 nitrogen and oxygen atoms in total. The summed E-state index contributed by atoms with van der Waals surface area (Å²) in [6.45, 7) is 9.24. The topological polar surface area (TPSA) is 3.24 Å². The van der Waals surface area contributed by atoms with Gasteiger partial charge in [0.2, 0.25) is 0 Å². The highest BCUT2D eigenvalue weighted by molar-refractivity contribution is 5.47. The molecule has 0 aliphatic carbocycles. The number of rotatable bonds is 19. The molecule has 0 saturated carbocycles. The second-order valence-electron chi connectivity index (χ2n) is 8.77. The summed E-state index contributed by atoms with van der Waals surface area (Å²) in [5.41, 5.74) is 2.79. The molecule has 0 heterocycles. The Morgan fingerprint density at radius 1 is 0.500 bits per heavy atom. The Morgan fingerprint density at radius 2 is 0.857 bits per heavy atom. The summed E-state index contributed by atoms with van der Waals surface area (Å²) in [5, 5.41) is 0. The van der Waals surface area contributed by atoms with Crippen molar-refractivity contribution in [3.8, 4) is 0 Å². The van der Waals surface area contributed by atoms with Gasteiger partial charge in [0.1, 0.15) is 0 Å². The molecule has 1 heteroatoms. The maximum atomic E-state index is 2.65. The number of hydrogen-bond acceptors (Lipinski definition) is 1. The van der Waals surface area contributed by atoms with Crippen LogP contribution >= 0.6 is 0 Å². The molecule has 1 aromatic carbocycles. The number of nitrogens with zero attached hydrogens (tertiary/aromatic N) is 1. The summed E-state index contributed by atoms with van der Waals surface area (Å²) in [4.78, 5) is 2.65. The van der Waals surface area contributed by atoms with Crippen LogP contribution in [0.1, 0.15) is 122 Å². The molecule has 0 radical (unpaired) electrons. The van der Waals surface area contributed by atoms with Crippen molar-refractivity contribution in [1.29, 1.82) is 0 Å². The van der Waals surface area contributed by atoms with Crippen molar-refractivity contribution in [3.05, 3.63) is 29.8 Å². The van der Waals surface area contributed by atoms with Crippen LogP contribution in [0.25, 0.3) is 0 Å². The van der Waals surface area contributed by atoms with E-state index in [9.17, 15) is 0 Å². The first kappa shape index (κ1) is 25.1. The van der Waals surface area contributed by atoms with Crippen LogP contribution in [0.5, 0.6) is 0 Å². The lowest BCUT2D eigenvalue weighted by molar-refractivity contribution is 0.555. The van der Waals surface area contributed by atoms with Crippen LogP contribution in [0.4, 0.5) is 5.69 Å². The van der Waals surface area contributed by atoms with Crippen molar-refractivity contribution >= 4 is 5.69 Å². The highest BCUT2D eigenvalue weighted by atomic mass is 15.1. The van der Waals surface area contributed by atoms with Crippen molar-refractivity contribution in [2.45, 2.75) is 124 Å². The zero-order valence-corrected chi connectivity index (χ0v) is 19.5. The number of unbranched alkanes of at least 4 members (excludes halogenated alkanes) is 14. The predicted molar refractivity (Wildman–Crippen MR) is 129 cm³/mol. The minimum atomic E-state index is 1.23. The maximum absolute atomic E-state index is 2.65. The van der Waals surface area contributed by atoms with E-state index in [0.717, 1.165) is 0 Å². The van der Waals surface area contributed by atoms with Gasteiger partial charge in [0.25, 0.3) is 0 Å². The molecule has 0 N–H and O–H groups in total. The smallest absolute Gasteiger partial charge is 0.0366 e. The molecular weight excluding hydrogens is 338 g/mol. The van der Waals surface area contributed by atoms with Gasteiger partial charge in [0.15, 0.2) is 0 Å². The summed E-state index contributed by atoms with van der Waals surface area (Å²) in [5.74, 6) is 0. The minimum Gasteiger partial charge on any atom is -0.372 e. The van der Waals surface area contributed by atoms with Crippen LogP contribution in [0.3, 0.4) is 0 Å². The summed E-state index contributed by atoms with van der Waals surface area (Å²) >= 11 is 0. The Morgan fingerprint density at radius 3 is 1.25 bits per heavy atom. The second-order valence-corrected chi connectivity index (χ2v) is 8.77. The summed E-state index contributed by atoms with van der Waals surface area (Å²) < 4.78 is 0.